The van der Waals surface area contributed by atoms with Gasteiger partial charge in [-0.15, -0.1) is 0 Å². The lowest BCUT2D eigenvalue weighted by Crippen LogP contribution is -2.20. The second-order valence-corrected chi connectivity index (χ2v) is 6.24. The monoisotopic (exact) mass is 285 g/mol. The average Bonchev–Trinajstić information content (AvgIpc) is 2.30. The van der Waals surface area contributed by atoms with E-state index >= 15 is 0 Å². The summed E-state index contributed by atoms with van der Waals surface area (Å²) in [5.41, 5.74) is 0. The summed E-state index contributed by atoms with van der Waals surface area (Å²) in [6.45, 7) is 3.53. The highest BCUT2D eigenvalue weighted by Gasteiger charge is 2.23. The third kappa shape index (κ3) is 12.5. The average molecular weight is 285 g/mol. The molecule has 0 heterocycles. The molecule has 3 heteroatoms. The molecule has 3 nitrogen and oxygen atoms in total. The van der Waals surface area contributed by atoms with Crippen LogP contribution in [0, 0.1) is 5.92 Å². The van der Waals surface area contributed by atoms with Gasteiger partial charge in [-0.1, -0.05) is 58.3 Å². The SMILES string of the molecule is CCCCCCCCCCN(C)C.O=C(O)C1CCC1. The van der Waals surface area contributed by atoms with Gasteiger partial charge in [0.15, 0.2) is 0 Å². The van der Waals surface area contributed by atoms with E-state index in [0.717, 1.165) is 19.3 Å². The maximum absolute atomic E-state index is 9.98. The van der Waals surface area contributed by atoms with E-state index in [0.29, 0.717) is 0 Å². The van der Waals surface area contributed by atoms with E-state index in [2.05, 4.69) is 25.9 Å². The fourth-order valence-corrected chi connectivity index (χ4v) is 2.22. The molecule has 0 aromatic carbocycles. The van der Waals surface area contributed by atoms with E-state index in [1.807, 2.05) is 0 Å². The maximum Gasteiger partial charge on any atom is 0.306 e. The number of carboxylic acids is 1. The number of hydrogen-bond donors (Lipinski definition) is 1. The minimum Gasteiger partial charge on any atom is -0.481 e. The van der Waals surface area contributed by atoms with Crippen molar-refractivity contribution in [2.45, 2.75) is 77.6 Å². The molecule has 1 saturated carbocycles. The third-order valence-electron chi connectivity index (χ3n) is 3.91. The minimum absolute atomic E-state index is 0.000000000000000444. The van der Waals surface area contributed by atoms with Crippen LogP contribution in [0.5, 0.6) is 0 Å². The second kappa shape index (κ2) is 13.4. The number of hydrogen-bond acceptors (Lipinski definition) is 2. The fourth-order valence-electron chi connectivity index (χ4n) is 2.22. The molecule has 0 spiro atoms. The second-order valence-electron chi connectivity index (χ2n) is 6.24. The smallest absolute Gasteiger partial charge is 0.306 e. The van der Waals surface area contributed by atoms with Crippen LogP contribution >= 0.6 is 0 Å². The van der Waals surface area contributed by atoms with Gasteiger partial charge < -0.3 is 10.0 Å². The van der Waals surface area contributed by atoms with E-state index in [-0.39, 0.29) is 5.92 Å². The predicted octanol–water partition coefficient (Wildman–Crippen LogP) is 4.56. The summed E-state index contributed by atoms with van der Waals surface area (Å²) in [6, 6.07) is 0. The number of rotatable bonds is 10. The number of nitrogens with zero attached hydrogens (tertiary/aromatic N) is 1. The van der Waals surface area contributed by atoms with E-state index < -0.39 is 5.97 Å². The third-order valence-corrected chi connectivity index (χ3v) is 3.91. The van der Waals surface area contributed by atoms with Crippen LogP contribution in [0.3, 0.4) is 0 Å². The molecule has 0 bridgehead atoms. The Morgan fingerprint density at radius 1 is 1.00 bits per heavy atom. The van der Waals surface area contributed by atoms with Crippen LogP contribution in [0.25, 0.3) is 0 Å². The Bertz CT molecular complexity index is 225. The zero-order valence-electron chi connectivity index (χ0n) is 13.9. The molecular weight excluding hydrogens is 250 g/mol. The zero-order valence-corrected chi connectivity index (χ0v) is 13.9. The summed E-state index contributed by atoms with van der Waals surface area (Å²) in [4.78, 5) is 12.3. The largest absolute Gasteiger partial charge is 0.481 e. The zero-order chi connectivity index (χ0) is 15.2. The van der Waals surface area contributed by atoms with Crippen molar-refractivity contribution in [1.82, 2.24) is 4.90 Å². The number of carbonyl (C=O) groups is 1. The first-order valence-electron chi connectivity index (χ1n) is 8.45. The van der Waals surface area contributed by atoms with Crippen LogP contribution in [0.4, 0.5) is 0 Å². The fraction of sp³-hybridized carbons (Fsp3) is 0.941. The van der Waals surface area contributed by atoms with Crippen molar-refractivity contribution in [3.05, 3.63) is 0 Å². The van der Waals surface area contributed by atoms with Crippen LogP contribution in [-0.4, -0.2) is 36.6 Å². The summed E-state index contributed by atoms with van der Waals surface area (Å²) in [6.07, 6.45) is 14.3. The van der Waals surface area contributed by atoms with E-state index in [9.17, 15) is 4.79 Å². The molecule has 1 N–H and O–H groups in total. The van der Waals surface area contributed by atoms with Gasteiger partial charge in [0.25, 0.3) is 0 Å². The highest BCUT2D eigenvalue weighted by atomic mass is 16.4. The molecule has 0 atom stereocenters. The van der Waals surface area contributed by atoms with Gasteiger partial charge >= 0.3 is 5.97 Å². The van der Waals surface area contributed by atoms with Crippen molar-refractivity contribution in [1.29, 1.82) is 0 Å². The molecule has 120 valence electrons. The van der Waals surface area contributed by atoms with Crippen molar-refractivity contribution in [2.75, 3.05) is 20.6 Å². The Labute approximate surface area is 125 Å². The van der Waals surface area contributed by atoms with E-state index in [4.69, 9.17) is 5.11 Å². The first-order valence-corrected chi connectivity index (χ1v) is 8.45. The molecule has 1 rings (SSSR count). The van der Waals surface area contributed by atoms with Gasteiger partial charge in [0.1, 0.15) is 0 Å². The van der Waals surface area contributed by atoms with Crippen LogP contribution < -0.4 is 0 Å². The normalized spacial score (nSPS) is 14.6. The van der Waals surface area contributed by atoms with Crippen LogP contribution in [0.15, 0.2) is 0 Å². The van der Waals surface area contributed by atoms with E-state index in [1.165, 1.54) is 57.9 Å². The Hall–Kier alpha value is -0.570. The molecule has 0 aromatic heterocycles. The lowest BCUT2D eigenvalue weighted by atomic mass is 9.86. The predicted molar refractivity (Wildman–Crippen MR) is 86.1 cm³/mol. The topological polar surface area (TPSA) is 40.5 Å². The molecule has 1 aliphatic rings. The highest BCUT2D eigenvalue weighted by molar-refractivity contribution is 5.70. The molecule has 0 radical (unpaired) electrons. The van der Waals surface area contributed by atoms with Gasteiger partial charge in [0, 0.05) is 0 Å². The van der Waals surface area contributed by atoms with Crippen molar-refractivity contribution in [3.63, 3.8) is 0 Å². The number of unbranched alkanes of at least 4 members (excludes halogenated alkanes) is 7. The molecule has 0 aliphatic heterocycles. The molecule has 0 amide bonds. The van der Waals surface area contributed by atoms with Crippen molar-refractivity contribution in [3.8, 4) is 0 Å². The summed E-state index contributed by atoms with van der Waals surface area (Å²) in [5.74, 6) is -0.619. The van der Waals surface area contributed by atoms with Crippen molar-refractivity contribution in [2.24, 2.45) is 5.92 Å². The first-order chi connectivity index (χ1) is 9.57. The lowest BCUT2D eigenvalue weighted by Gasteiger charge is -2.19. The van der Waals surface area contributed by atoms with Crippen LogP contribution in [0.1, 0.15) is 77.6 Å². The molecular formula is C17H35NO2. The van der Waals surface area contributed by atoms with Gasteiger partial charge in [-0.25, -0.2) is 0 Å². The minimum atomic E-state index is -0.619. The standard InChI is InChI=1S/C12H27N.C5H8O2/c1-4-5-6-7-8-9-10-11-12-13(2)3;6-5(7)4-2-1-3-4/h4-12H2,1-3H3;4H,1-3H2,(H,6,7). The summed E-state index contributed by atoms with van der Waals surface area (Å²) in [5, 5.41) is 8.23. The highest BCUT2D eigenvalue weighted by Crippen LogP contribution is 2.25. The van der Waals surface area contributed by atoms with Crippen LogP contribution in [0.2, 0.25) is 0 Å². The molecule has 0 unspecified atom stereocenters. The van der Waals surface area contributed by atoms with Gasteiger partial charge in [0.2, 0.25) is 0 Å². The first kappa shape index (κ1) is 19.4. The molecule has 1 fully saturated rings. The molecule has 1 aliphatic carbocycles. The van der Waals surface area contributed by atoms with E-state index in [1.54, 1.807) is 0 Å². The van der Waals surface area contributed by atoms with Gasteiger partial charge in [-0.2, -0.15) is 0 Å². The Morgan fingerprint density at radius 2 is 1.50 bits per heavy atom. The van der Waals surface area contributed by atoms with Gasteiger partial charge in [-0.05, 0) is 39.9 Å². The maximum atomic E-state index is 9.98. The molecule has 20 heavy (non-hydrogen) atoms. The van der Waals surface area contributed by atoms with Gasteiger partial charge in [-0.3, -0.25) is 4.79 Å². The Kier molecular flexibility index (Phi) is 13.0. The van der Waals surface area contributed by atoms with Crippen molar-refractivity contribution >= 4 is 5.97 Å². The van der Waals surface area contributed by atoms with Crippen molar-refractivity contribution < 1.29 is 9.90 Å². The Balaban J connectivity index is 0.000000428. The summed E-state index contributed by atoms with van der Waals surface area (Å²) >= 11 is 0. The molecule has 0 aromatic rings. The van der Waals surface area contributed by atoms with Gasteiger partial charge in [0.05, 0.1) is 5.92 Å². The number of aliphatic carboxylic acids is 1. The summed E-state index contributed by atoms with van der Waals surface area (Å²) < 4.78 is 0. The molecule has 0 saturated heterocycles. The van der Waals surface area contributed by atoms with Crippen LogP contribution in [-0.2, 0) is 4.79 Å². The Morgan fingerprint density at radius 3 is 1.80 bits per heavy atom. The quantitative estimate of drug-likeness (QED) is 0.598. The number of carboxylic acid groups (broad SMARTS) is 1. The lowest BCUT2D eigenvalue weighted by molar-refractivity contribution is -0.144. The summed E-state index contributed by atoms with van der Waals surface area (Å²) in [7, 11) is 4.31.